The zero-order chi connectivity index (χ0) is 15.4. The fourth-order valence-electron chi connectivity index (χ4n) is 2.27. The van der Waals surface area contributed by atoms with Crippen molar-refractivity contribution >= 4 is 11.9 Å². The molecule has 21 heavy (non-hydrogen) atoms. The molecule has 0 saturated carbocycles. The molecule has 1 aliphatic heterocycles. The Balaban J connectivity index is 2.08. The first kappa shape index (κ1) is 15.4. The number of morpholine rings is 1. The summed E-state index contributed by atoms with van der Waals surface area (Å²) in [7, 11) is 1.30. The van der Waals surface area contributed by atoms with Crippen LogP contribution in [0.4, 0.5) is 4.39 Å². The molecule has 114 valence electrons. The molecule has 5 nitrogen and oxygen atoms in total. The summed E-state index contributed by atoms with van der Waals surface area (Å²) in [6, 6.07) is 4.43. The molecule has 1 heterocycles. The van der Waals surface area contributed by atoms with Crippen molar-refractivity contribution in [2.24, 2.45) is 0 Å². The molecule has 0 radical (unpaired) electrons. The summed E-state index contributed by atoms with van der Waals surface area (Å²) in [6.07, 6.45) is -0.334. The van der Waals surface area contributed by atoms with Gasteiger partial charge in [-0.1, -0.05) is 11.6 Å². The van der Waals surface area contributed by atoms with Crippen molar-refractivity contribution in [3.8, 4) is 0 Å². The van der Waals surface area contributed by atoms with Gasteiger partial charge in [-0.2, -0.15) is 0 Å². The molecular weight excluding hydrogens is 277 g/mol. The maximum Gasteiger partial charge on any atom is 0.308 e. The molecule has 0 N–H and O–H groups in total. The van der Waals surface area contributed by atoms with Crippen LogP contribution in [0.5, 0.6) is 0 Å². The standard InChI is InChI=1S/C15H18FNO4/c1-10-3-4-13(16)12(7-10)15(19)17-5-6-21-11(9-17)8-14(18)20-2/h3-4,7,11H,5-6,8-9H2,1-2H3. The van der Waals surface area contributed by atoms with Gasteiger partial charge in [-0.15, -0.1) is 0 Å². The van der Waals surface area contributed by atoms with Gasteiger partial charge in [0.25, 0.3) is 5.91 Å². The first-order chi connectivity index (χ1) is 10.0. The zero-order valence-electron chi connectivity index (χ0n) is 12.1. The van der Waals surface area contributed by atoms with E-state index in [1.165, 1.54) is 24.1 Å². The molecule has 1 unspecified atom stereocenters. The summed E-state index contributed by atoms with van der Waals surface area (Å²) in [4.78, 5) is 25.2. The van der Waals surface area contributed by atoms with E-state index in [2.05, 4.69) is 4.74 Å². The van der Waals surface area contributed by atoms with E-state index in [9.17, 15) is 14.0 Å². The van der Waals surface area contributed by atoms with Crippen molar-refractivity contribution in [2.45, 2.75) is 19.4 Å². The number of amides is 1. The molecule has 0 aliphatic carbocycles. The quantitative estimate of drug-likeness (QED) is 0.794. The van der Waals surface area contributed by atoms with Crippen molar-refractivity contribution < 1.29 is 23.5 Å². The Morgan fingerprint density at radius 3 is 2.95 bits per heavy atom. The number of hydrogen-bond acceptors (Lipinski definition) is 4. The van der Waals surface area contributed by atoms with E-state index in [0.29, 0.717) is 13.2 Å². The van der Waals surface area contributed by atoms with Crippen LogP contribution in [0.3, 0.4) is 0 Å². The van der Waals surface area contributed by atoms with Crippen molar-refractivity contribution in [1.29, 1.82) is 0 Å². The van der Waals surface area contributed by atoms with E-state index < -0.39 is 17.9 Å². The van der Waals surface area contributed by atoms with Gasteiger partial charge in [0, 0.05) is 13.1 Å². The summed E-state index contributed by atoms with van der Waals surface area (Å²) < 4.78 is 23.8. The minimum Gasteiger partial charge on any atom is -0.469 e. The third kappa shape index (κ3) is 3.78. The summed E-state index contributed by atoms with van der Waals surface area (Å²) in [5, 5.41) is 0. The molecule has 0 bridgehead atoms. The number of hydrogen-bond donors (Lipinski definition) is 0. The molecule has 2 rings (SSSR count). The van der Waals surface area contributed by atoms with Crippen LogP contribution in [0.2, 0.25) is 0 Å². The van der Waals surface area contributed by atoms with E-state index in [0.717, 1.165) is 5.56 Å². The maximum absolute atomic E-state index is 13.8. The second-order valence-electron chi connectivity index (χ2n) is 5.01. The Hall–Kier alpha value is -1.95. The van der Waals surface area contributed by atoms with Gasteiger partial charge < -0.3 is 14.4 Å². The Morgan fingerprint density at radius 1 is 1.48 bits per heavy atom. The number of esters is 1. The number of methoxy groups -OCH3 is 1. The van der Waals surface area contributed by atoms with E-state index in [-0.39, 0.29) is 24.4 Å². The lowest BCUT2D eigenvalue weighted by Gasteiger charge is -2.32. The Bertz CT molecular complexity index is 546. The van der Waals surface area contributed by atoms with Crippen LogP contribution in [-0.2, 0) is 14.3 Å². The average molecular weight is 295 g/mol. The first-order valence-electron chi connectivity index (χ1n) is 6.75. The second-order valence-corrected chi connectivity index (χ2v) is 5.01. The monoisotopic (exact) mass is 295 g/mol. The molecule has 1 aliphatic rings. The van der Waals surface area contributed by atoms with Crippen molar-refractivity contribution in [1.82, 2.24) is 4.90 Å². The lowest BCUT2D eigenvalue weighted by atomic mass is 10.1. The van der Waals surface area contributed by atoms with Gasteiger partial charge in [0.15, 0.2) is 0 Å². The number of rotatable bonds is 3. The van der Waals surface area contributed by atoms with Gasteiger partial charge in [-0.05, 0) is 19.1 Å². The van der Waals surface area contributed by atoms with Crippen LogP contribution in [0.1, 0.15) is 22.3 Å². The molecule has 0 aromatic heterocycles. The molecule has 1 fully saturated rings. The summed E-state index contributed by atoms with van der Waals surface area (Å²) >= 11 is 0. The Kier molecular flexibility index (Phi) is 4.90. The summed E-state index contributed by atoms with van der Waals surface area (Å²) in [5.41, 5.74) is 0.868. The maximum atomic E-state index is 13.8. The summed E-state index contributed by atoms with van der Waals surface area (Å²) in [5.74, 6) is -1.31. The summed E-state index contributed by atoms with van der Waals surface area (Å²) in [6.45, 7) is 2.75. The minimum absolute atomic E-state index is 0.0497. The Labute approximate surface area is 122 Å². The van der Waals surface area contributed by atoms with Crippen molar-refractivity contribution in [3.63, 3.8) is 0 Å². The average Bonchev–Trinajstić information content (AvgIpc) is 2.49. The topological polar surface area (TPSA) is 55.8 Å². The van der Waals surface area contributed by atoms with Crippen LogP contribution in [-0.4, -0.2) is 49.7 Å². The molecule has 1 aromatic carbocycles. The molecular formula is C15H18FNO4. The van der Waals surface area contributed by atoms with E-state index >= 15 is 0 Å². The number of ether oxygens (including phenoxy) is 2. The van der Waals surface area contributed by atoms with Crippen LogP contribution in [0, 0.1) is 12.7 Å². The van der Waals surface area contributed by atoms with Crippen molar-refractivity contribution in [2.75, 3.05) is 26.8 Å². The fourth-order valence-corrected chi connectivity index (χ4v) is 2.27. The second kappa shape index (κ2) is 6.67. The van der Waals surface area contributed by atoms with Gasteiger partial charge >= 0.3 is 5.97 Å². The Morgan fingerprint density at radius 2 is 2.24 bits per heavy atom. The highest BCUT2D eigenvalue weighted by atomic mass is 19.1. The highest BCUT2D eigenvalue weighted by Crippen LogP contribution is 2.16. The van der Waals surface area contributed by atoms with Crippen LogP contribution in [0.25, 0.3) is 0 Å². The number of nitrogens with zero attached hydrogens (tertiary/aromatic N) is 1. The molecule has 6 heteroatoms. The largest absolute Gasteiger partial charge is 0.469 e. The van der Waals surface area contributed by atoms with Gasteiger partial charge in [-0.3, -0.25) is 9.59 Å². The third-order valence-corrected chi connectivity index (χ3v) is 3.40. The first-order valence-corrected chi connectivity index (χ1v) is 6.75. The molecule has 1 atom stereocenters. The molecule has 0 spiro atoms. The molecule has 1 saturated heterocycles. The predicted octanol–water partition coefficient (Wildman–Crippen LogP) is 1.54. The number of aryl methyl sites for hydroxylation is 1. The van der Waals surface area contributed by atoms with Gasteiger partial charge in [-0.25, -0.2) is 4.39 Å². The molecule has 1 aromatic rings. The highest BCUT2D eigenvalue weighted by Gasteiger charge is 2.28. The van der Waals surface area contributed by atoms with Crippen molar-refractivity contribution in [3.05, 3.63) is 35.1 Å². The smallest absolute Gasteiger partial charge is 0.308 e. The fraction of sp³-hybridized carbons (Fsp3) is 0.467. The third-order valence-electron chi connectivity index (χ3n) is 3.40. The molecule has 1 amide bonds. The van der Waals surface area contributed by atoms with E-state index in [1.54, 1.807) is 13.0 Å². The predicted molar refractivity (Wildman–Crippen MR) is 73.4 cm³/mol. The number of halogens is 1. The van der Waals surface area contributed by atoms with Crippen LogP contribution >= 0.6 is 0 Å². The van der Waals surface area contributed by atoms with E-state index in [1.807, 2.05) is 0 Å². The van der Waals surface area contributed by atoms with E-state index in [4.69, 9.17) is 4.74 Å². The highest BCUT2D eigenvalue weighted by molar-refractivity contribution is 5.94. The van der Waals surface area contributed by atoms with Crippen LogP contribution in [0.15, 0.2) is 18.2 Å². The lowest BCUT2D eigenvalue weighted by molar-refractivity contribution is -0.145. The normalized spacial score (nSPS) is 18.4. The zero-order valence-corrected chi connectivity index (χ0v) is 12.1. The van der Waals surface area contributed by atoms with Crippen LogP contribution < -0.4 is 0 Å². The minimum atomic E-state index is -0.540. The SMILES string of the molecule is COC(=O)CC1CN(C(=O)c2cc(C)ccc2F)CCO1. The van der Waals surface area contributed by atoms with Gasteiger partial charge in [0.05, 0.1) is 31.8 Å². The van der Waals surface area contributed by atoms with Gasteiger partial charge in [0.2, 0.25) is 0 Å². The number of carbonyl (C=O) groups is 2. The lowest BCUT2D eigenvalue weighted by Crippen LogP contribution is -2.46. The number of carbonyl (C=O) groups excluding carboxylic acids is 2. The van der Waals surface area contributed by atoms with Gasteiger partial charge in [0.1, 0.15) is 5.82 Å². The number of benzene rings is 1.